The number of methoxy groups -OCH3 is 1. The predicted molar refractivity (Wildman–Crippen MR) is 102 cm³/mol. The van der Waals surface area contributed by atoms with Gasteiger partial charge < -0.3 is 9.47 Å². The fourth-order valence-corrected chi connectivity index (χ4v) is 2.78. The van der Waals surface area contributed by atoms with Crippen LogP contribution in [0.4, 0.5) is 0 Å². The molecule has 0 aliphatic rings. The van der Waals surface area contributed by atoms with Gasteiger partial charge in [-0.1, -0.05) is 26.0 Å². The summed E-state index contributed by atoms with van der Waals surface area (Å²) in [6, 6.07) is 10.4. The second-order valence-corrected chi connectivity index (χ2v) is 6.92. The Morgan fingerprint density at radius 2 is 1.50 bits per heavy atom. The van der Waals surface area contributed by atoms with Crippen LogP contribution in [0.5, 0.6) is 5.75 Å². The molecule has 0 spiro atoms. The van der Waals surface area contributed by atoms with Crippen LogP contribution in [0.2, 0.25) is 0 Å². The molecule has 0 aromatic heterocycles. The number of hydrogen-bond acceptors (Lipinski definition) is 4. The maximum atomic E-state index is 13.0. The Hall–Kier alpha value is -2.62. The van der Waals surface area contributed by atoms with Crippen molar-refractivity contribution in [2.45, 2.75) is 46.6 Å². The smallest absolute Gasteiger partial charge is 0.337 e. The molecule has 0 aliphatic carbocycles. The first-order chi connectivity index (χ1) is 12.2. The molecule has 0 N–H and O–H groups in total. The summed E-state index contributed by atoms with van der Waals surface area (Å²) in [5.41, 5.74) is 3.49. The van der Waals surface area contributed by atoms with Crippen LogP contribution < -0.4 is 4.74 Å². The predicted octanol–water partition coefficient (Wildman–Crippen LogP) is 4.92. The van der Waals surface area contributed by atoms with E-state index in [9.17, 15) is 9.59 Å². The number of rotatable bonds is 6. The first kappa shape index (κ1) is 19.7. The van der Waals surface area contributed by atoms with Crippen molar-refractivity contribution < 1.29 is 19.1 Å². The molecule has 0 unspecified atom stereocenters. The Kier molecular flexibility index (Phi) is 6.19. The maximum absolute atomic E-state index is 13.0. The van der Waals surface area contributed by atoms with Crippen LogP contribution in [-0.4, -0.2) is 25.0 Å². The maximum Gasteiger partial charge on any atom is 0.337 e. The van der Waals surface area contributed by atoms with E-state index in [2.05, 4.69) is 18.6 Å². The summed E-state index contributed by atoms with van der Waals surface area (Å²) in [6.45, 7) is 10.0. The van der Waals surface area contributed by atoms with Gasteiger partial charge in [-0.25, -0.2) is 4.79 Å². The van der Waals surface area contributed by atoms with Crippen LogP contribution >= 0.6 is 0 Å². The lowest BCUT2D eigenvalue weighted by molar-refractivity contribution is 0.0600. The normalized spacial score (nSPS) is 10.9. The molecule has 2 rings (SSSR count). The summed E-state index contributed by atoms with van der Waals surface area (Å²) in [4.78, 5) is 24.5. The molecule has 4 nitrogen and oxygen atoms in total. The molecule has 138 valence electrons. The van der Waals surface area contributed by atoms with Crippen LogP contribution in [0, 0.1) is 6.92 Å². The van der Waals surface area contributed by atoms with Crippen LogP contribution in [-0.2, 0) is 4.74 Å². The van der Waals surface area contributed by atoms with E-state index in [1.807, 2.05) is 32.9 Å². The number of ether oxygens (including phenoxy) is 2. The molecule has 26 heavy (non-hydrogen) atoms. The van der Waals surface area contributed by atoms with E-state index in [4.69, 9.17) is 4.74 Å². The van der Waals surface area contributed by atoms with E-state index >= 15 is 0 Å². The molecule has 0 atom stereocenters. The van der Waals surface area contributed by atoms with Crippen molar-refractivity contribution >= 4 is 11.8 Å². The zero-order valence-corrected chi connectivity index (χ0v) is 16.3. The summed E-state index contributed by atoms with van der Waals surface area (Å²) in [5.74, 6) is 0.567. The van der Waals surface area contributed by atoms with Crippen molar-refractivity contribution in [1.82, 2.24) is 0 Å². The number of carbonyl (C=O) groups excluding carboxylic acids is 2. The molecule has 0 saturated heterocycles. The van der Waals surface area contributed by atoms with Crippen LogP contribution in [0.1, 0.15) is 71.0 Å². The third-order valence-electron chi connectivity index (χ3n) is 4.15. The Labute approximate surface area is 155 Å². The zero-order chi connectivity index (χ0) is 19.4. The Balaban J connectivity index is 2.42. The average molecular weight is 354 g/mol. The van der Waals surface area contributed by atoms with Gasteiger partial charge in [-0.15, -0.1) is 0 Å². The van der Waals surface area contributed by atoms with E-state index in [0.29, 0.717) is 16.7 Å². The first-order valence-electron chi connectivity index (χ1n) is 8.78. The second-order valence-electron chi connectivity index (χ2n) is 6.92. The van der Waals surface area contributed by atoms with E-state index in [-0.39, 0.29) is 17.8 Å². The third kappa shape index (κ3) is 4.31. The monoisotopic (exact) mass is 354 g/mol. The van der Waals surface area contributed by atoms with Gasteiger partial charge in [0.1, 0.15) is 5.75 Å². The molecule has 0 fully saturated rings. The van der Waals surface area contributed by atoms with Gasteiger partial charge in [0, 0.05) is 11.1 Å². The highest BCUT2D eigenvalue weighted by Gasteiger charge is 2.18. The largest absolute Gasteiger partial charge is 0.491 e. The van der Waals surface area contributed by atoms with Crippen molar-refractivity contribution in [3.8, 4) is 5.75 Å². The molecule has 0 amide bonds. The fourth-order valence-electron chi connectivity index (χ4n) is 2.78. The Morgan fingerprint density at radius 1 is 0.923 bits per heavy atom. The quantitative estimate of drug-likeness (QED) is 0.545. The van der Waals surface area contributed by atoms with Crippen molar-refractivity contribution in [2.24, 2.45) is 0 Å². The van der Waals surface area contributed by atoms with Gasteiger partial charge in [-0.2, -0.15) is 0 Å². The number of benzene rings is 2. The van der Waals surface area contributed by atoms with Crippen LogP contribution in [0.25, 0.3) is 0 Å². The van der Waals surface area contributed by atoms with Crippen LogP contribution in [0.15, 0.2) is 36.4 Å². The number of ketones is 1. The van der Waals surface area contributed by atoms with Gasteiger partial charge in [-0.05, 0) is 62.1 Å². The number of hydrogen-bond donors (Lipinski definition) is 0. The molecule has 0 radical (unpaired) electrons. The number of esters is 1. The summed E-state index contributed by atoms with van der Waals surface area (Å²) in [5, 5.41) is 0. The molecule has 0 heterocycles. The topological polar surface area (TPSA) is 52.6 Å². The van der Waals surface area contributed by atoms with Crippen molar-refractivity contribution in [2.75, 3.05) is 7.11 Å². The van der Waals surface area contributed by atoms with Crippen LogP contribution in [0.3, 0.4) is 0 Å². The molecular formula is C22H26O4. The van der Waals surface area contributed by atoms with E-state index in [1.54, 1.807) is 24.3 Å². The minimum absolute atomic E-state index is 0.0688. The highest BCUT2D eigenvalue weighted by atomic mass is 16.5. The summed E-state index contributed by atoms with van der Waals surface area (Å²) < 4.78 is 10.6. The molecule has 4 heteroatoms. The zero-order valence-electron chi connectivity index (χ0n) is 16.3. The lowest BCUT2D eigenvalue weighted by atomic mass is 9.92. The second kappa shape index (κ2) is 8.17. The number of carbonyl (C=O) groups is 2. The lowest BCUT2D eigenvalue weighted by Gasteiger charge is -2.19. The Bertz CT molecular complexity index is 802. The van der Waals surface area contributed by atoms with Gasteiger partial charge in [-0.3, -0.25) is 4.79 Å². The highest BCUT2D eigenvalue weighted by molar-refractivity contribution is 6.10. The average Bonchev–Trinajstić information content (AvgIpc) is 2.60. The first-order valence-corrected chi connectivity index (χ1v) is 8.78. The van der Waals surface area contributed by atoms with E-state index in [0.717, 1.165) is 16.9 Å². The standard InChI is InChI=1S/C22H26O4/c1-13(2)18-12-19(15(5)11-20(18)26-14(3)4)21(23)16-7-9-17(10-8-16)22(24)25-6/h7-14H,1-6H3. The van der Waals surface area contributed by atoms with Gasteiger partial charge in [0.25, 0.3) is 0 Å². The van der Waals surface area contributed by atoms with Crippen molar-refractivity contribution in [3.63, 3.8) is 0 Å². The van der Waals surface area contributed by atoms with Gasteiger partial charge in [0.15, 0.2) is 5.78 Å². The summed E-state index contributed by atoms with van der Waals surface area (Å²) >= 11 is 0. The Morgan fingerprint density at radius 3 is 2.00 bits per heavy atom. The number of aryl methyl sites for hydroxylation is 1. The molecular weight excluding hydrogens is 328 g/mol. The summed E-state index contributed by atoms with van der Waals surface area (Å²) in [7, 11) is 1.33. The minimum atomic E-state index is -0.419. The SMILES string of the molecule is COC(=O)c1ccc(C(=O)c2cc(C(C)C)c(OC(C)C)cc2C)cc1. The van der Waals surface area contributed by atoms with Gasteiger partial charge >= 0.3 is 5.97 Å². The molecule has 0 aliphatic heterocycles. The highest BCUT2D eigenvalue weighted by Crippen LogP contribution is 2.31. The third-order valence-corrected chi connectivity index (χ3v) is 4.15. The van der Waals surface area contributed by atoms with Gasteiger partial charge in [0.05, 0.1) is 18.8 Å². The summed E-state index contributed by atoms with van der Waals surface area (Å²) in [6.07, 6.45) is 0.0688. The lowest BCUT2D eigenvalue weighted by Crippen LogP contribution is -2.11. The minimum Gasteiger partial charge on any atom is -0.491 e. The molecule has 2 aromatic rings. The van der Waals surface area contributed by atoms with E-state index < -0.39 is 5.97 Å². The van der Waals surface area contributed by atoms with Crippen molar-refractivity contribution in [3.05, 3.63) is 64.2 Å². The van der Waals surface area contributed by atoms with E-state index in [1.165, 1.54) is 7.11 Å². The molecule has 0 bridgehead atoms. The van der Waals surface area contributed by atoms with Crippen molar-refractivity contribution in [1.29, 1.82) is 0 Å². The fraction of sp³-hybridized carbons (Fsp3) is 0.364. The van der Waals surface area contributed by atoms with Gasteiger partial charge in [0.2, 0.25) is 0 Å². The molecule has 2 aromatic carbocycles. The molecule has 0 saturated carbocycles.